The molecule has 82 heavy (non-hydrogen) atoms. The Kier molecular flexibility index (Phi) is 17.4. The summed E-state index contributed by atoms with van der Waals surface area (Å²) in [6.07, 6.45) is 6.20. The van der Waals surface area contributed by atoms with Crippen LogP contribution in [0.2, 0.25) is 20.1 Å². The molecule has 1 amide bonds. The van der Waals surface area contributed by atoms with Crippen LogP contribution in [0.15, 0.2) is 144 Å². The number of nitrogens with two attached hydrogens (primary N) is 1. The van der Waals surface area contributed by atoms with Gasteiger partial charge in [0, 0.05) is 63.0 Å². The summed E-state index contributed by atoms with van der Waals surface area (Å²) in [5.74, 6) is -1.13. The highest BCUT2D eigenvalue weighted by atomic mass is 35.5. The number of carbonyl (C=O) groups is 2. The third-order valence-electron chi connectivity index (χ3n) is 15.1. The third-order valence-corrected chi connectivity index (χ3v) is 16.0. The highest BCUT2D eigenvalue weighted by Crippen LogP contribution is 2.41. The molecule has 0 saturated carbocycles. The summed E-state index contributed by atoms with van der Waals surface area (Å²) in [4.78, 5) is 36.2. The number of pyridine rings is 2. The summed E-state index contributed by atoms with van der Waals surface area (Å²) < 4.78 is 14.9. The van der Waals surface area contributed by atoms with Crippen molar-refractivity contribution < 1.29 is 43.7 Å². The van der Waals surface area contributed by atoms with Gasteiger partial charge in [-0.25, -0.2) is 4.79 Å². The summed E-state index contributed by atoms with van der Waals surface area (Å²) in [7, 11) is -1.73. The third kappa shape index (κ3) is 12.2. The van der Waals surface area contributed by atoms with Crippen LogP contribution < -0.4 is 22.0 Å². The molecule has 424 valence electrons. The van der Waals surface area contributed by atoms with Gasteiger partial charge in [-0.15, -0.1) is 12.4 Å². The van der Waals surface area contributed by atoms with Gasteiger partial charge >= 0.3 is 20.2 Å². The average molecular weight is 1210 g/mol. The first-order valence-corrected chi connectivity index (χ1v) is 27.8. The van der Waals surface area contributed by atoms with E-state index in [1.54, 1.807) is 36.4 Å². The summed E-state index contributed by atoms with van der Waals surface area (Å²) >= 11 is 24.7. The molecule has 0 fully saturated rings. The van der Waals surface area contributed by atoms with Gasteiger partial charge in [0.2, 0.25) is 0 Å². The van der Waals surface area contributed by atoms with E-state index in [0.717, 1.165) is 79.1 Å². The fourth-order valence-electron chi connectivity index (χ4n) is 10.9. The molecule has 4 aromatic heterocycles. The normalized spacial score (nSPS) is 18.9. The molecule has 0 aliphatic carbocycles. The average Bonchev–Trinajstić information content (AvgIpc) is 4.50. The Hall–Kier alpha value is -6.34. The zero-order valence-electron chi connectivity index (χ0n) is 45.7. The number of oxime groups is 2. The lowest BCUT2D eigenvalue weighted by Crippen LogP contribution is -2.29. The van der Waals surface area contributed by atoms with Gasteiger partial charge in [0.05, 0.1) is 44.8 Å². The van der Waals surface area contributed by atoms with Gasteiger partial charge in [0.1, 0.15) is 11.4 Å². The maximum absolute atomic E-state index is 13.2. The van der Waals surface area contributed by atoms with Gasteiger partial charge in [0.15, 0.2) is 11.2 Å². The largest absolute Gasteiger partial charge is 0.492 e. The van der Waals surface area contributed by atoms with Crippen LogP contribution in [0.3, 0.4) is 0 Å². The van der Waals surface area contributed by atoms with Crippen LogP contribution in [-0.4, -0.2) is 74.6 Å². The number of aromatic nitrogens is 2. The lowest BCUT2D eigenvalue weighted by molar-refractivity contribution is -0.00755. The van der Waals surface area contributed by atoms with Crippen molar-refractivity contribution in [3.8, 4) is 0 Å². The molecule has 2 unspecified atom stereocenters. The van der Waals surface area contributed by atoms with Crippen molar-refractivity contribution in [1.82, 2.24) is 14.1 Å². The van der Waals surface area contributed by atoms with E-state index >= 15 is 0 Å². The lowest BCUT2D eigenvalue weighted by atomic mass is 9.77. The van der Waals surface area contributed by atoms with Crippen molar-refractivity contribution in [2.24, 2.45) is 16.0 Å². The molecule has 8 aromatic rings. The molecule has 0 radical (unpaired) electrons. The second kappa shape index (κ2) is 23.7. The highest BCUT2D eigenvalue weighted by molar-refractivity contribution is 6.62. The molecule has 4 aromatic carbocycles. The molecular weight excluding hydrogens is 1150 g/mol. The molecule has 0 spiro atoms. The molecule has 8 heterocycles. The van der Waals surface area contributed by atoms with Crippen molar-refractivity contribution >= 4 is 118 Å². The topological polar surface area (TPSA) is 203 Å². The molecular formula is C60H59B2Cl5N6O9. The van der Waals surface area contributed by atoms with Gasteiger partial charge in [0.25, 0.3) is 5.91 Å². The molecule has 22 heteroatoms. The fourth-order valence-corrected chi connectivity index (χ4v) is 12.0. The quantitative estimate of drug-likeness (QED) is 0.0776. The Balaban J connectivity index is 0.000000165. The van der Waals surface area contributed by atoms with Crippen LogP contribution in [-0.2, 0) is 54.2 Å². The van der Waals surface area contributed by atoms with Crippen LogP contribution in [0.5, 0.6) is 0 Å². The van der Waals surface area contributed by atoms with E-state index < -0.39 is 42.6 Å². The van der Waals surface area contributed by atoms with Gasteiger partial charge < -0.3 is 54.0 Å². The maximum Gasteiger partial charge on any atom is 0.492 e. The van der Waals surface area contributed by atoms with Crippen molar-refractivity contribution in [2.45, 2.75) is 89.6 Å². The van der Waals surface area contributed by atoms with Crippen molar-refractivity contribution in [3.63, 3.8) is 0 Å². The molecule has 6 N–H and O–H groups in total. The minimum Gasteiger partial charge on any atom is -0.478 e. The minimum absolute atomic E-state index is 0. The summed E-state index contributed by atoms with van der Waals surface area (Å²) in [5.41, 5.74) is 16.0. The smallest absolute Gasteiger partial charge is 0.478 e. The molecule has 4 aliphatic heterocycles. The van der Waals surface area contributed by atoms with Crippen molar-refractivity contribution in [3.05, 3.63) is 210 Å². The first kappa shape index (κ1) is 60.3. The number of fused-ring (bicyclic) bond motifs is 4. The number of amides is 1. The van der Waals surface area contributed by atoms with E-state index in [1.807, 2.05) is 142 Å². The van der Waals surface area contributed by atoms with E-state index in [4.69, 9.17) is 71.1 Å². The molecule has 4 aliphatic rings. The standard InChI is InChI=1S/C30H28BCl2N3O4.C19H14Cl2N2O3.C11H16BNO2.ClH/c1-29(2)23-8-6-18(13-24(23)31(38)39-29)10-11-34-28(37)22-7-9-27(36-12-4-5-26(22)36)25-17-30(3,40-35-25)19-14-20(32)16-21(33)15-19;1-19(11-7-12(20)9-13(21)8-11)10-15(22-26-19)17-5-4-14(18(24)25)16-3-2-6-23(16)17;1-11(2)9-4-3-8(5-6-13)7-10(9)12(14)15-11;/h4-9,12-16,38H,10-11,17H2,1-3H3,(H,34,37);2-9H,10H2,1H3,(H,24,25);3-4,7,14H,5-6,13H2,1-2H3;1H. The number of carboxylic acid groups (broad SMARTS) is 1. The number of carboxylic acids is 1. The lowest BCUT2D eigenvalue weighted by Gasteiger charge is -2.22. The minimum atomic E-state index is -0.969. The van der Waals surface area contributed by atoms with Gasteiger partial charge in [-0.1, -0.05) is 93.1 Å². The van der Waals surface area contributed by atoms with Crippen LogP contribution in [0.25, 0.3) is 11.0 Å². The molecule has 2 atom stereocenters. The Morgan fingerprint density at radius 1 is 0.610 bits per heavy atom. The predicted octanol–water partition coefficient (Wildman–Crippen LogP) is 10.8. The molecule has 12 rings (SSSR count). The Morgan fingerprint density at radius 2 is 1.04 bits per heavy atom. The van der Waals surface area contributed by atoms with E-state index in [1.165, 1.54) is 0 Å². The number of hydrogen-bond donors (Lipinski definition) is 5. The molecule has 0 saturated heterocycles. The van der Waals surface area contributed by atoms with E-state index in [-0.39, 0.29) is 23.9 Å². The van der Waals surface area contributed by atoms with Gasteiger partial charge in [-0.3, -0.25) is 4.79 Å². The summed E-state index contributed by atoms with van der Waals surface area (Å²) in [5, 5.41) is 43.2. The Labute approximate surface area is 501 Å². The number of nitrogens with one attached hydrogen (secondary N) is 1. The number of rotatable bonds is 11. The first-order valence-electron chi connectivity index (χ1n) is 26.3. The van der Waals surface area contributed by atoms with Gasteiger partial charge in [-0.05, 0) is 179 Å². The number of hydrogen-bond acceptors (Lipinski definition) is 11. The number of halogens is 5. The van der Waals surface area contributed by atoms with Crippen LogP contribution in [0, 0.1) is 0 Å². The fraction of sp³-hybridized carbons (Fsp3) is 0.267. The summed E-state index contributed by atoms with van der Waals surface area (Å²) in [6, 6.07) is 37.1. The summed E-state index contributed by atoms with van der Waals surface area (Å²) in [6.45, 7) is 12.8. The highest BCUT2D eigenvalue weighted by Gasteiger charge is 2.43. The Morgan fingerprint density at radius 3 is 1.48 bits per heavy atom. The maximum atomic E-state index is 13.2. The zero-order valence-corrected chi connectivity index (χ0v) is 49.5. The van der Waals surface area contributed by atoms with Crippen molar-refractivity contribution in [1.29, 1.82) is 0 Å². The Bertz CT molecular complexity index is 3810. The number of benzene rings is 4. The van der Waals surface area contributed by atoms with Crippen molar-refractivity contribution in [2.75, 3.05) is 13.1 Å². The number of nitrogens with zero attached hydrogens (tertiary/aromatic N) is 4. The molecule has 15 nitrogen and oxygen atoms in total. The monoisotopic (exact) mass is 1200 g/mol. The number of carbonyl (C=O) groups excluding carboxylic acids is 1. The van der Waals surface area contributed by atoms with E-state index in [2.05, 4.69) is 21.7 Å². The first-order chi connectivity index (χ1) is 38.5. The van der Waals surface area contributed by atoms with Gasteiger partial charge in [-0.2, -0.15) is 0 Å². The second-order valence-corrected chi connectivity index (χ2v) is 23.6. The van der Waals surface area contributed by atoms with Crippen LogP contribution in [0.1, 0.15) is 120 Å². The zero-order chi connectivity index (χ0) is 57.8. The van der Waals surface area contributed by atoms with Crippen LogP contribution >= 0.6 is 58.8 Å². The second-order valence-electron chi connectivity index (χ2n) is 21.8. The molecule has 0 bridgehead atoms. The SMILES string of the molecule is CC1(C)OB(O)c2cc(CCN)ccc21.CC1(C)OB(O)c2cc(CCNC(=O)c3ccc(C4=NOC(C)(c5cc(Cl)cc(Cl)c5)C4)n4cccc34)ccc21.CC1(c2cc(Cl)cc(Cl)c2)CC(c2ccc(C(=O)O)c3cccn23)=NO1.Cl. The van der Waals surface area contributed by atoms with Crippen LogP contribution in [0.4, 0.5) is 0 Å². The number of aromatic carboxylic acids is 1. The van der Waals surface area contributed by atoms with E-state index in [9.17, 15) is 24.7 Å². The van der Waals surface area contributed by atoms with E-state index in [0.29, 0.717) is 63.5 Å². The predicted molar refractivity (Wildman–Crippen MR) is 326 cm³/mol.